The van der Waals surface area contributed by atoms with Crippen LogP contribution in [0.1, 0.15) is 6.92 Å². The lowest BCUT2D eigenvalue weighted by molar-refractivity contribution is -0.147. The fourth-order valence-corrected chi connectivity index (χ4v) is 1.71. The van der Waals surface area contributed by atoms with E-state index in [1.807, 2.05) is 0 Å². The van der Waals surface area contributed by atoms with Crippen molar-refractivity contribution in [3.8, 4) is 0 Å². The third-order valence-electron chi connectivity index (χ3n) is 2.91. The van der Waals surface area contributed by atoms with Gasteiger partial charge in [-0.05, 0) is 6.92 Å². The second-order valence-corrected chi connectivity index (χ2v) is 3.88. The SMILES string of the molecule is COC(C)C(=O)N(C)C1COCC1C(=O)O. The van der Waals surface area contributed by atoms with E-state index in [0.717, 1.165) is 0 Å². The van der Waals surface area contributed by atoms with Crippen molar-refractivity contribution in [3.05, 3.63) is 0 Å². The smallest absolute Gasteiger partial charge is 0.311 e. The third-order valence-corrected chi connectivity index (χ3v) is 2.91. The van der Waals surface area contributed by atoms with Crippen molar-refractivity contribution < 1.29 is 24.2 Å². The number of amides is 1. The Morgan fingerprint density at radius 3 is 2.62 bits per heavy atom. The van der Waals surface area contributed by atoms with Crippen LogP contribution in [0.4, 0.5) is 0 Å². The molecule has 0 bridgehead atoms. The molecule has 1 saturated heterocycles. The number of carbonyl (C=O) groups is 2. The fourth-order valence-electron chi connectivity index (χ4n) is 1.71. The minimum absolute atomic E-state index is 0.152. The number of rotatable bonds is 4. The van der Waals surface area contributed by atoms with Crippen LogP contribution in [0.15, 0.2) is 0 Å². The molecule has 0 radical (unpaired) electrons. The molecule has 0 saturated carbocycles. The summed E-state index contributed by atoms with van der Waals surface area (Å²) in [5.74, 6) is -1.82. The van der Waals surface area contributed by atoms with E-state index in [1.165, 1.54) is 12.0 Å². The number of carboxylic acid groups (broad SMARTS) is 1. The largest absolute Gasteiger partial charge is 0.481 e. The van der Waals surface area contributed by atoms with Crippen molar-refractivity contribution in [1.29, 1.82) is 0 Å². The average Bonchev–Trinajstić information content (AvgIpc) is 2.74. The van der Waals surface area contributed by atoms with Gasteiger partial charge in [0.15, 0.2) is 0 Å². The quantitative estimate of drug-likeness (QED) is 0.711. The normalized spacial score (nSPS) is 26.4. The van der Waals surface area contributed by atoms with Crippen LogP contribution in [0.3, 0.4) is 0 Å². The van der Waals surface area contributed by atoms with Crippen LogP contribution in [0.2, 0.25) is 0 Å². The Morgan fingerprint density at radius 1 is 1.50 bits per heavy atom. The van der Waals surface area contributed by atoms with Gasteiger partial charge in [0, 0.05) is 14.2 Å². The summed E-state index contributed by atoms with van der Waals surface area (Å²) < 4.78 is 10.0. The van der Waals surface area contributed by atoms with Crippen molar-refractivity contribution in [2.45, 2.75) is 19.1 Å². The van der Waals surface area contributed by atoms with Gasteiger partial charge in [-0.2, -0.15) is 0 Å². The number of nitrogens with zero attached hydrogens (tertiary/aromatic N) is 1. The zero-order valence-electron chi connectivity index (χ0n) is 9.67. The molecule has 0 aliphatic carbocycles. The molecule has 16 heavy (non-hydrogen) atoms. The maximum absolute atomic E-state index is 11.8. The molecule has 0 aromatic rings. The second-order valence-electron chi connectivity index (χ2n) is 3.88. The van der Waals surface area contributed by atoms with Crippen LogP contribution in [0.25, 0.3) is 0 Å². The molecule has 3 atom stereocenters. The highest BCUT2D eigenvalue weighted by Crippen LogP contribution is 2.19. The number of ether oxygens (including phenoxy) is 2. The maximum Gasteiger partial charge on any atom is 0.311 e. The molecular weight excluding hydrogens is 214 g/mol. The van der Waals surface area contributed by atoms with E-state index in [2.05, 4.69) is 0 Å². The molecule has 1 fully saturated rings. The number of hydrogen-bond acceptors (Lipinski definition) is 4. The molecule has 1 N–H and O–H groups in total. The molecule has 3 unspecified atom stereocenters. The Bertz CT molecular complexity index is 280. The number of likely N-dealkylation sites (N-methyl/N-ethyl adjacent to an activating group) is 1. The standard InChI is InChI=1S/C10H17NO5/c1-6(15-3)9(12)11(2)8-5-16-4-7(8)10(13)14/h6-8H,4-5H2,1-3H3,(H,13,14). The number of hydrogen-bond donors (Lipinski definition) is 1. The van der Waals surface area contributed by atoms with E-state index < -0.39 is 24.0 Å². The zero-order valence-corrected chi connectivity index (χ0v) is 9.67. The second kappa shape index (κ2) is 5.27. The molecule has 1 aliphatic rings. The van der Waals surface area contributed by atoms with Crippen LogP contribution >= 0.6 is 0 Å². The lowest BCUT2D eigenvalue weighted by atomic mass is 10.0. The van der Waals surface area contributed by atoms with Crippen LogP contribution in [0, 0.1) is 5.92 Å². The predicted octanol–water partition coefficient (Wildman–Crippen LogP) is -0.421. The monoisotopic (exact) mass is 231 g/mol. The fraction of sp³-hybridized carbons (Fsp3) is 0.800. The van der Waals surface area contributed by atoms with E-state index in [0.29, 0.717) is 0 Å². The van der Waals surface area contributed by atoms with Gasteiger partial charge in [0.05, 0.1) is 19.3 Å². The Hall–Kier alpha value is -1.14. The summed E-state index contributed by atoms with van der Waals surface area (Å²) in [6.07, 6.45) is -0.569. The molecule has 1 aliphatic heterocycles. The van der Waals surface area contributed by atoms with Gasteiger partial charge in [-0.3, -0.25) is 9.59 Å². The number of carbonyl (C=O) groups excluding carboxylic acids is 1. The first-order chi connectivity index (χ1) is 7.49. The molecule has 1 amide bonds. The molecule has 92 valence electrons. The third kappa shape index (κ3) is 2.51. The summed E-state index contributed by atoms with van der Waals surface area (Å²) in [4.78, 5) is 24.1. The number of methoxy groups -OCH3 is 1. The molecule has 1 heterocycles. The van der Waals surface area contributed by atoms with Gasteiger partial charge >= 0.3 is 5.97 Å². The average molecular weight is 231 g/mol. The molecule has 6 heteroatoms. The molecule has 6 nitrogen and oxygen atoms in total. The Kier molecular flexibility index (Phi) is 4.26. The van der Waals surface area contributed by atoms with Crippen LogP contribution in [-0.2, 0) is 19.1 Å². The van der Waals surface area contributed by atoms with Gasteiger partial charge in [-0.25, -0.2) is 0 Å². The Balaban J connectivity index is 2.69. The lowest BCUT2D eigenvalue weighted by Gasteiger charge is -2.28. The van der Waals surface area contributed by atoms with Crippen LogP contribution in [0.5, 0.6) is 0 Å². The molecule has 0 spiro atoms. The highest BCUT2D eigenvalue weighted by Gasteiger charge is 2.39. The van der Waals surface area contributed by atoms with E-state index in [4.69, 9.17) is 14.6 Å². The lowest BCUT2D eigenvalue weighted by Crippen LogP contribution is -2.47. The summed E-state index contributed by atoms with van der Waals surface area (Å²) in [5.41, 5.74) is 0. The van der Waals surface area contributed by atoms with Gasteiger partial charge in [-0.1, -0.05) is 0 Å². The minimum atomic E-state index is -0.938. The van der Waals surface area contributed by atoms with Gasteiger partial charge in [0.2, 0.25) is 0 Å². The van der Waals surface area contributed by atoms with Gasteiger partial charge in [0.25, 0.3) is 5.91 Å². The van der Waals surface area contributed by atoms with Crippen molar-refractivity contribution in [2.75, 3.05) is 27.4 Å². The van der Waals surface area contributed by atoms with E-state index in [1.54, 1.807) is 14.0 Å². The number of aliphatic carboxylic acids is 1. The molecule has 1 rings (SSSR count). The van der Waals surface area contributed by atoms with E-state index >= 15 is 0 Å². The Labute approximate surface area is 94.1 Å². The summed E-state index contributed by atoms with van der Waals surface area (Å²) in [7, 11) is 3.02. The summed E-state index contributed by atoms with van der Waals surface area (Å²) >= 11 is 0. The summed E-state index contributed by atoms with van der Waals surface area (Å²) in [5, 5.41) is 8.96. The first-order valence-corrected chi connectivity index (χ1v) is 5.09. The van der Waals surface area contributed by atoms with E-state index in [-0.39, 0.29) is 19.1 Å². The van der Waals surface area contributed by atoms with Crippen molar-refractivity contribution in [1.82, 2.24) is 4.90 Å². The van der Waals surface area contributed by atoms with Gasteiger partial charge in [0.1, 0.15) is 12.0 Å². The van der Waals surface area contributed by atoms with Crippen molar-refractivity contribution in [3.63, 3.8) is 0 Å². The molecular formula is C10H17NO5. The topological polar surface area (TPSA) is 76.1 Å². The van der Waals surface area contributed by atoms with Crippen LogP contribution in [-0.4, -0.2) is 61.4 Å². The molecule has 0 aromatic heterocycles. The van der Waals surface area contributed by atoms with Gasteiger partial charge in [-0.15, -0.1) is 0 Å². The predicted molar refractivity (Wildman–Crippen MR) is 55.0 cm³/mol. The summed E-state index contributed by atoms with van der Waals surface area (Å²) in [6.45, 7) is 2.04. The number of carboxylic acids is 1. The zero-order chi connectivity index (χ0) is 12.3. The van der Waals surface area contributed by atoms with Gasteiger partial charge < -0.3 is 19.5 Å². The van der Waals surface area contributed by atoms with Crippen LogP contribution < -0.4 is 0 Å². The maximum atomic E-state index is 11.8. The molecule has 0 aromatic carbocycles. The highest BCUT2D eigenvalue weighted by atomic mass is 16.5. The highest BCUT2D eigenvalue weighted by molar-refractivity contribution is 5.81. The Morgan fingerprint density at radius 2 is 2.12 bits per heavy atom. The van der Waals surface area contributed by atoms with E-state index in [9.17, 15) is 9.59 Å². The summed E-state index contributed by atoms with van der Waals surface area (Å²) in [6, 6.07) is -0.414. The van der Waals surface area contributed by atoms with Crippen molar-refractivity contribution in [2.24, 2.45) is 5.92 Å². The first-order valence-electron chi connectivity index (χ1n) is 5.09. The minimum Gasteiger partial charge on any atom is -0.481 e. The van der Waals surface area contributed by atoms with Crippen molar-refractivity contribution >= 4 is 11.9 Å². The first kappa shape index (κ1) is 12.9.